The summed E-state index contributed by atoms with van der Waals surface area (Å²) in [6.45, 7) is 4.08. The number of benzene rings is 3. The van der Waals surface area contributed by atoms with E-state index in [-0.39, 0.29) is 28.4 Å². The summed E-state index contributed by atoms with van der Waals surface area (Å²) in [6, 6.07) is 21.8. The van der Waals surface area contributed by atoms with Crippen molar-refractivity contribution in [3.63, 3.8) is 0 Å². The highest BCUT2D eigenvalue weighted by Gasteiger charge is 2.39. The molecule has 3 aromatic rings. The SMILES string of the molecule is CCCOC(=O)c1ccc(N2C(=O)C(Cl)=C(Nc3cccc(C(=O)NC(C)c4ccccc4)c3)C2=O)cc1. The van der Waals surface area contributed by atoms with Crippen LogP contribution >= 0.6 is 11.6 Å². The Balaban J connectivity index is 1.47. The van der Waals surface area contributed by atoms with Gasteiger partial charge in [0.15, 0.2) is 0 Å². The second-order valence-electron chi connectivity index (χ2n) is 8.63. The van der Waals surface area contributed by atoms with Crippen LogP contribution in [-0.2, 0) is 14.3 Å². The van der Waals surface area contributed by atoms with Crippen molar-refractivity contribution < 1.29 is 23.9 Å². The Morgan fingerprint density at radius 1 is 0.921 bits per heavy atom. The number of esters is 1. The van der Waals surface area contributed by atoms with Gasteiger partial charge in [0.05, 0.1) is 23.9 Å². The van der Waals surface area contributed by atoms with E-state index in [4.69, 9.17) is 16.3 Å². The molecule has 1 heterocycles. The van der Waals surface area contributed by atoms with Crippen LogP contribution in [0.15, 0.2) is 89.6 Å². The molecule has 1 aliphatic rings. The molecule has 1 aliphatic heterocycles. The van der Waals surface area contributed by atoms with E-state index in [1.165, 1.54) is 24.3 Å². The molecule has 3 aromatic carbocycles. The zero-order valence-electron chi connectivity index (χ0n) is 20.9. The average Bonchev–Trinajstić information content (AvgIpc) is 3.15. The number of imide groups is 1. The third kappa shape index (κ3) is 5.76. The van der Waals surface area contributed by atoms with Gasteiger partial charge < -0.3 is 15.4 Å². The molecule has 0 radical (unpaired) electrons. The monoisotopic (exact) mass is 531 g/mol. The van der Waals surface area contributed by atoms with Crippen LogP contribution < -0.4 is 15.5 Å². The Bertz CT molecular complexity index is 1400. The third-order valence-electron chi connectivity index (χ3n) is 5.87. The molecule has 0 aliphatic carbocycles. The molecule has 2 N–H and O–H groups in total. The summed E-state index contributed by atoms with van der Waals surface area (Å²) < 4.78 is 5.10. The Kier molecular flexibility index (Phi) is 8.23. The molecule has 4 rings (SSSR count). The lowest BCUT2D eigenvalue weighted by atomic mass is 10.1. The van der Waals surface area contributed by atoms with Crippen LogP contribution in [0.4, 0.5) is 11.4 Å². The predicted molar refractivity (Wildman–Crippen MR) is 145 cm³/mol. The normalized spacial score (nSPS) is 13.9. The number of nitrogens with zero attached hydrogens (tertiary/aromatic N) is 1. The van der Waals surface area contributed by atoms with Gasteiger partial charge in [0, 0.05) is 11.3 Å². The first kappa shape index (κ1) is 26.6. The van der Waals surface area contributed by atoms with Crippen molar-refractivity contribution in [2.75, 3.05) is 16.8 Å². The van der Waals surface area contributed by atoms with Crippen LogP contribution in [0.3, 0.4) is 0 Å². The Hall–Kier alpha value is -4.43. The van der Waals surface area contributed by atoms with Crippen LogP contribution in [0.5, 0.6) is 0 Å². The van der Waals surface area contributed by atoms with E-state index in [1.54, 1.807) is 24.3 Å². The van der Waals surface area contributed by atoms with Crippen molar-refractivity contribution >= 4 is 46.7 Å². The van der Waals surface area contributed by atoms with E-state index in [1.807, 2.05) is 44.2 Å². The van der Waals surface area contributed by atoms with Crippen molar-refractivity contribution in [3.8, 4) is 0 Å². The summed E-state index contributed by atoms with van der Waals surface area (Å²) in [4.78, 5) is 51.8. The van der Waals surface area contributed by atoms with Crippen LogP contribution in [0.1, 0.15) is 52.6 Å². The number of rotatable bonds is 9. The van der Waals surface area contributed by atoms with Crippen molar-refractivity contribution in [1.82, 2.24) is 5.32 Å². The van der Waals surface area contributed by atoms with Crippen molar-refractivity contribution in [2.24, 2.45) is 0 Å². The fraction of sp³-hybridized carbons (Fsp3) is 0.172. The molecular weight excluding hydrogens is 506 g/mol. The lowest BCUT2D eigenvalue weighted by Gasteiger charge is -2.16. The molecule has 0 saturated carbocycles. The fourth-order valence-corrected chi connectivity index (χ4v) is 4.07. The highest BCUT2D eigenvalue weighted by Crippen LogP contribution is 2.30. The second-order valence-corrected chi connectivity index (χ2v) is 9.01. The summed E-state index contributed by atoms with van der Waals surface area (Å²) in [5.41, 5.74) is 2.19. The minimum atomic E-state index is -0.703. The highest BCUT2D eigenvalue weighted by atomic mass is 35.5. The maximum absolute atomic E-state index is 13.1. The van der Waals surface area contributed by atoms with E-state index in [0.717, 1.165) is 10.5 Å². The number of hydrogen-bond acceptors (Lipinski definition) is 6. The molecule has 194 valence electrons. The zero-order chi connectivity index (χ0) is 27.2. The number of carbonyl (C=O) groups excluding carboxylic acids is 4. The zero-order valence-corrected chi connectivity index (χ0v) is 21.6. The van der Waals surface area contributed by atoms with Gasteiger partial charge in [0.1, 0.15) is 10.7 Å². The molecule has 0 spiro atoms. The number of amides is 3. The maximum Gasteiger partial charge on any atom is 0.338 e. The molecule has 0 bridgehead atoms. The van der Waals surface area contributed by atoms with Crippen molar-refractivity contribution in [1.29, 1.82) is 0 Å². The molecule has 1 unspecified atom stereocenters. The van der Waals surface area contributed by atoms with E-state index < -0.39 is 17.8 Å². The molecule has 38 heavy (non-hydrogen) atoms. The summed E-state index contributed by atoms with van der Waals surface area (Å²) in [7, 11) is 0. The van der Waals surface area contributed by atoms with E-state index >= 15 is 0 Å². The minimum absolute atomic E-state index is 0.113. The fourth-order valence-electron chi connectivity index (χ4n) is 3.86. The van der Waals surface area contributed by atoms with Crippen LogP contribution in [0.25, 0.3) is 0 Å². The summed E-state index contributed by atoms with van der Waals surface area (Å²) in [5.74, 6) is -2.14. The van der Waals surface area contributed by atoms with Gasteiger partial charge in [0.2, 0.25) is 0 Å². The quantitative estimate of drug-likeness (QED) is 0.291. The van der Waals surface area contributed by atoms with Gasteiger partial charge in [-0.2, -0.15) is 0 Å². The Labute approximate surface area is 225 Å². The van der Waals surface area contributed by atoms with Gasteiger partial charge in [-0.15, -0.1) is 0 Å². The largest absolute Gasteiger partial charge is 0.462 e. The van der Waals surface area contributed by atoms with Crippen molar-refractivity contribution in [2.45, 2.75) is 26.3 Å². The maximum atomic E-state index is 13.1. The third-order valence-corrected chi connectivity index (χ3v) is 6.22. The van der Waals surface area contributed by atoms with Crippen LogP contribution in [0, 0.1) is 0 Å². The van der Waals surface area contributed by atoms with Gasteiger partial charge in [-0.25, -0.2) is 9.69 Å². The second kappa shape index (κ2) is 11.7. The van der Waals surface area contributed by atoms with Crippen molar-refractivity contribution in [3.05, 3.63) is 106 Å². The summed E-state index contributed by atoms with van der Waals surface area (Å²) >= 11 is 6.25. The van der Waals surface area contributed by atoms with Gasteiger partial charge in [0.25, 0.3) is 17.7 Å². The molecule has 0 aromatic heterocycles. The summed E-state index contributed by atoms with van der Waals surface area (Å²) in [6.07, 6.45) is 0.695. The first-order valence-corrected chi connectivity index (χ1v) is 12.5. The Morgan fingerprint density at radius 3 is 2.32 bits per heavy atom. The first-order chi connectivity index (χ1) is 18.3. The first-order valence-electron chi connectivity index (χ1n) is 12.1. The molecular formula is C29H26ClN3O5. The Morgan fingerprint density at radius 2 is 1.63 bits per heavy atom. The lowest BCUT2D eigenvalue weighted by Crippen LogP contribution is -2.32. The summed E-state index contributed by atoms with van der Waals surface area (Å²) in [5, 5.41) is 5.54. The minimum Gasteiger partial charge on any atom is -0.462 e. The molecule has 0 saturated heterocycles. The van der Waals surface area contributed by atoms with E-state index in [9.17, 15) is 19.2 Å². The number of carbonyl (C=O) groups is 4. The predicted octanol–water partition coefficient (Wildman–Crippen LogP) is 5.18. The standard InChI is InChI=1S/C29H26ClN3O5/c1-3-16-38-29(37)20-12-14-23(15-13-20)33-27(35)24(30)25(28(33)36)32-22-11-7-10-21(17-22)26(34)31-18(2)19-8-5-4-6-9-19/h4-15,17-18,32H,3,16H2,1-2H3,(H,31,34). The number of hydrogen-bond donors (Lipinski definition) is 2. The lowest BCUT2D eigenvalue weighted by molar-refractivity contribution is -0.120. The number of halogens is 1. The number of nitrogens with one attached hydrogen (secondary N) is 2. The van der Waals surface area contributed by atoms with Gasteiger partial charge in [-0.1, -0.05) is 54.9 Å². The van der Waals surface area contributed by atoms with E-state index in [0.29, 0.717) is 29.8 Å². The smallest absolute Gasteiger partial charge is 0.338 e. The van der Waals surface area contributed by atoms with Crippen LogP contribution in [0.2, 0.25) is 0 Å². The van der Waals surface area contributed by atoms with E-state index in [2.05, 4.69) is 10.6 Å². The number of ether oxygens (including phenoxy) is 1. The van der Waals surface area contributed by atoms with Crippen LogP contribution in [-0.4, -0.2) is 30.3 Å². The molecule has 8 nitrogen and oxygen atoms in total. The highest BCUT2D eigenvalue weighted by molar-refractivity contribution is 6.53. The average molecular weight is 532 g/mol. The van der Waals surface area contributed by atoms with Gasteiger partial charge in [-0.05, 0) is 61.4 Å². The molecule has 9 heteroatoms. The molecule has 0 fully saturated rings. The number of anilines is 2. The molecule has 1 atom stereocenters. The van der Waals surface area contributed by atoms with Gasteiger partial charge >= 0.3 is 5.97 Å². The topological polar surface area (TPSA) is 105 Å². The van der Waals surface area contributed by atoms with Gasteiger partial charge in [-0.3, -0.25) is 14.4 Å². The molecule has 3 amide bonds.